The second-order valence-electron chi connectivity index (χ2n) is 5.07. The van der Waals surface area contributed by atoms with Crippen LogP contribution in [0.15, 0.2) is 18.2 Å². The first kappa shape index (κ1) is 14.1. The Morgan fingerprint density at radius 3 is 2.53 bits per heavy atom. The summed E-state index contributed by atoms with van der Waals surface area (Å²) in [6, 6.07) is 5.04. The van der Waals surface area contributed by atoms with Gasteiger partial charge in [-0.25, -0.2) is 0 Å². The highest BCUT2D eigenvalue weighted by molar-refractivity contribution is 6.31. The van der Waals surface area contributed by atoms with Crippen molar-refractivity contribution >= 4 is 29.0 Å². The number of Topliss-reactive ketones (excluding diaryl/α,β-unsaturated/α-hetero) is 1. The summed E-state index contributed by atoms with van der Waals surface area (Å²) in [5, 5.41) is 3.22. The molecule has 0 spiro atoms. The van der Waals surface area contributed by atoms with Gasteiger partial charge < -0.3 is 5.32 Å². The van der Waals surface area contributed by atoms with E-state index in [1.54, 1.807) is 18.2 Å². The third-order valence-electron chi connectivity index (χ3n) is 3.53. The lowest BCUT2D eigenvalue weighted by Crippen LogP contribution is -2.20. The van der Waals surface area contributed by atoms with Crippen molar-refractivity contribution in [2.75, 3.05) is 5.32 Å². The summed E-state index contributed by atoms with van der Waals surface area (Å²) in [4.78, 5) is 23.7. The first-order valence-corrected chi connectivity index (χ1v) is 7.07. The number of ketones is 1. The van der Waals surface area contributed by atoms with Gasteiger partial charge in [0, 0.05) is 23.4 Å². The Bertz CT molecular complexity index is 493. The Kier molecular flexibility index (Phi) is 4.59. The average Bonchev–Trinajstić information content (AvgIpc) is 2.40. The van der Waals surface area contributed by atoms with Crippen LogP contribution in [0.5, 0.6) is 0 Å². The monoisotopic (exact) mass is 279 g/mol. The molecule has 1 aliphatic rings. The quantitative estimate of drug-likeness (QED) is 0.848. The molecular weight excluding hydrogens is 262 g/mol. The summed E-state index contributed by atoms with van der Waals surface area (Å²) in [5.74, 6) is -0.00862. The van der Waals surface area contributed by atoms with Crippen LogP contribution in [-0.2, 0) is 4.79 Å². The predicted octanol–water partition coefficient (Wildman–Crippen LogP) is 4.06. The Labute approximate surface area is 118 Å². The van der Waals surface area contributed by atoms with Crippen molar-refractivity contribution < 1.29 is 9.59 Å². The molecule has 19 heavy (non-hydrogen) atoms. The molecule has 0 aromatic heterocycles. The van der Waals surface area contributed by atoms with Crippen LogP contribution in [-0.4, -0.2) is 11.7 Å². The number of amides is 1. The van der Waals surface area contributed by atoms with Crippen LogP contribution in [0.2, 0.25) is 5.02 Å². The summed E-state index contributed by atoms with van der Waals surface area (Å²) < 4.78 is 0. The number of halogens is 1. The summed E-state index contributed by atoms with van der Waals surface area (Å²) in [5.41, 5.74) is 1.10. The molecule has 0 unspecified atom stereocenters. The predicted molar refractivity (Wildman–Crippen MR) is 76.7 cm³/mol. The van der Waals surface area contributed by atoms with Crippen LogP contribution in [0, 0.1) is 5.92 Å². The van der Waals surface area contributed by atoms with Crippen LogP contribution in [0.25, 0.3) is 0 Å². The van der Waals surface area contributed by atoms with E-state index in [1.165, 1.54) is 13.3 Å². The summed E-state index contributed by atoms with van der Waals surface area (Å²) >= 11 is 5.97. The molecule has 4 heteroatoms. The minimum absolute atomic E-state index is 0.0692. The van der Waals surface area contributed by atoms with Gasteiger partial charge in [0.2, 0.25) is 5.91 Å². The van der Waals surface area contributed by atoms with E-state index in [0.717, 1.165) is 25.7 Å². The molecule has 1 aliphatic carbocycles. The Morgan fingerprint density at radius 2 is 1.89 bits per heavy atom. The van der Waals surface area contributed by atoms with Gasteiger partial charge in [0.15, 0.2) is 5.78 Å². The molecule has 0 atom stereocenters. The van der Waals surface area contributed by atoms with Gasteiger partial charge in [-0.1, -0.05) is 30.9 Å². The van der Waals surface area contributed by atoms with Gasteiger partial charge in [0.25, 0.3) is 0 Å². The molecule has 102 valence electrons. The zero-order valence-electron chi connectivity index (χ0n) is 11.0. The average molecular weight is 280 g/mol. The zero-order chi connectivity index (χ0) is 13.8. The van der Waals surface area contributed by atoms with Gasteiger partial charge in [-0.05, 0) is 31.0 Å². The Hall–Kier alpha value is -1.35. The van der Waals surface area contributed by atoms with Crippen molar-refractivity contribution in [2.45, 2.75) is 39.0 Å². The lowest BCUT2D eigenvalue weighted by atomic mass is 9.83. The molecular formula is C15H18ClNO2. The van der Waals surface area contributed by atoms with E-state index < -0.39 is 0 Å². The van der Waals surface area contributed by atoms with Gasteiger partial charge in [-0.15, -0.1) is 0 Å². The third-order valence-corrected chi connectivity index (χ3v) is 3.77. The van der Waals surface area contributed by atoms with E-state index in [9.17, 15) is 9.59 Å². The Morgan fingerprint density at radius 1 is 1.21 bits per heavy atom. The summed E-state index contributed by atoms with van der Waals surface area (Å²) in [6.07, 6.45) is 5.28. The van der Waals surface area contributed by atoms with E-state index in [4.69, 9.17) is 11.6 Å². The number of carbonyl (C=O) groups excluding carboxylic acids is 2. The van der Waals surface area contributed by atoms with Gasteiger partial charge in [0.1, 0.15) is 0 Å². The van der Waals surface area contributed by atoms with Crippen molar-refractivity contribution in [2.24, 2.45) is 5.92 Å². The van der Waals surface area contributed by atoms with Crippen LogP contribution in [0.3, 0.4) is 0 Å². The molecule has 0 aliphatic heterocycles. The molecule has 0 bridgehead atoms. The fourth-order valence-corrected chi connectivity index (χ4v) is 2.78. The first-order chi connectivity index (χ1) is 9.08. The maximum absolute atomic E-state index is 12.5. The van der Waals surface area contributed by atoms with Crippen molar-refractivity contribution in [3.63, 3.8) is 0 Å². The second-order valence-corrected chi connectivity index (χ2v) is 5.51. The lowest BCUT2D eigenvalue weighted by molar-refractivity contribution is -0.114. The molecule has 2 rings (SSSR count). The van der Waals surface area contributed by atoms with Crippen molar-refractivity contribution in [3.8, 4) is 0 Å². The molecule has 1 amide bonds. The summed E-state index contributed by atoms with van der Waals surface area (Å²) in [6.45, 7) is 1.43. The van der Waals surface area contributed by atoms with Crippen LogP contribution in [0.4, 0.5) is 5.69 Å². The summed E-state index contributed by atoms with van der Waals surface area (Å²) in [7, 11) is 0. The number of hydrogen-bond donors (Lipinski definition) is 1. The van der Waals surface area contributed by atoms with Crippen LogP contribution in [0.1, 0.15) is 49.4 Å². The number of anilines is 1. The number of carbonyl (C=O) groups is 2. The molecule has 3 nitrogen and oxygen atoms in total. The lowest BCUT2D eigenvalue weighted by Gasteiger charge is -2.21. The van der Waals surface area contributed by atoms with Crippen molar-refractivity contribution in [1.82, 2.24) is 0 Å². The molecule has 1 saturated carbocycles. The smallest absolute Gasteiger partial charge is 0.221 e. The highest BCUT2D eigenvalue weighted by Crippen LogP contribution is 2.30. The highest BCUT2D eigenvalue weighted by Gasteiger charge is 2.24. The number of hydrogen-bond acceptors (Lipinski definition) is 2. The third kappa shape index (κ3) is 3.57. The number of rotatable bonds is 3. The van der Waals surface area contributed by atoms with Gasteiger partial charge in [-0.3, -0.25) is 9.59 Å². The second kappa shape index (κ2) is 6.20. The minimum Gasteiger partial charge on any atom is -0.326 e. The minimum atomic E-state index is -0.181. The van der Waals surface area contributed by atoms with Gasteiger partial charge in [0.05, 0.1) is 5.69 Å². The molecule has 1 aromatic rings. The van der Waals surface area contributed by atoms with Gasteiger partial charge in [-0.2, -0.15) is 0 Å². The topological polar surface area (TPSA) is 46.2 Å². The largest absolute Gasteiger partial charge is 0.326 e. The molecule has 0 heterocycles. The molecule has 1 aromatic carbocycles. The zero-order valence-corrected chi connectivity index (χ0v) is 11.8. The molecule has 0 radical (unpaired) electrons. The highest BCUT2D eigenvalue weighted by atomic mass is 35.5. The van der Waals surface area contributed by atoms with E-state index >= 15 is 0 Å². The van der Waals surface area contributed by atoms with Crippen molar-refractivity contribution in [3.05, 3.63) is 28.8 Å². The van der Waals surface area contributed by atoms with E-state index in [2.05, 4.69) is 5.32 Å². The fourth-order valence-electron chi connectivity index (χ4n) is 2.60. The standard InChI is InChI=1S/C15H18ClNO2/c1-10(18)17-14-8-7-12(16)9-13(14)15(19)11-5-3-2-4-6-11/h7-9,11H,2-6H2,1H3,(H,17,18). The van der Waals surface area contributed by atoms with Crippen LogP contribution >= 0.6 is 11.6 Å². The molecule has 0 saturated heterocycles. The molecule has 1 N–H and O–H groups in total. The molecule has 1 fully saturated rings. The maximum Gasteiger partial charge on any atom is 0.221 e. The number of benzene rings is 1. The normalized spacial score (nSPS) is 16.1. The fraction of sp³-hybridized carbons (Fsp3) is 0.467. The number of nitrogens with one attached hydrogen (secondary N) is 1. The van der Waals surface area contributed by atoms with Crippen LogP contribution < -0.4 is 5.32 Å². The maximum atomic E-state index is 12.5. The van der Waals surface area contributed by atoms with E-state index in [0.29, 0.717) is 16.3 Å². The van der Waals surface area contributed by atoms with Crippen molar-refractivity contribution in [1.29, 1.82) is 0 Å². The van der Waals surface area contributed by atoms with E-state index in [1.807, 2.05) is 0 Å². The van der Waals surface area contributed by atoms with Gasteiger partial charge >= 0.3 is 0 Å². The first-order valence-electron chi connectivity index (χ1n) is 6.69. The Balaban J connectivity index is 2.27. The van der Waals surface area contributed by atoms with E-state index in [-0.39, 0.29) is 17.6 Å². The SMILES string of the molecule is CC(=O)Nc1ccc(Cl)cc1C(=O)C1CCCCC1.